The van der Waals surface area contributed by atoms with Gasteiger partial charge in [-0.2, -0.15) is 0 Å². The van der Waals surface area contributed by atoms with Crippen molar-refractivity contribution in [3.63, 3.8) is 0 Å². The summed E-state index contributed by atoms with van der Waals surface area (Å²) in [5, 5.41) is 0. The second-order valence-electron chi connectivity index (χ2n) is 33.9. The maximum absolute atomic E-state index is 12.9. The Morgan fingerprint density at radius 2 is 0.533 bits per heavy atom. The van der Waals surface area contributed by atoms with Crippen LogP contribution in [0.5, 0.6) is 46.0 Å². The zero-order chi connectivity index (χ0) is 114. The lowest BCUT2D eigenvalue weighted by atomic mass is 9.79. The summed E-state index contributed by atoms with van der Waals surface area (Å²) in [5.41, 5.74) is 31.4. The quantitative estimate of drug-likeness (QED) is 0.0303. The number of methoxy groups -OCH3 is 8. The molecule has 24 nitrogen and oxygen atoms in total. The van der Waals surface area contributed by atoms with Gasteiger partial charge in [0.05, 0.1) is 65.0 Å². The Hall–Kier alpha value is -7.16. The van der Waals surface area contributed by atoms with Gasteiger partial charge in [0, 0.05) is 159 Å². The van der Waals surface area contributed by atoms with Crippen LogP contribution in [-0.4, -0.2) is 201 Å². The summed E-state index contributed by atoms with van der Waals surface area (Å²) < 4.78 is 310. The molecule has 20 atom stereocenters. The number of esters is 4. The molecule has 0 bridgehead atoms. The van der Waals surface area contributed by atoms with Crippen LogP contribution in [0.3, 0.4) is 0 Å². The van der Waals surface area contributed by atoms with Crippen molar-refractivity contribution in [3.05, 3.63) is 93.0 Å². The van der Waals surface area contributed by atoms with Crippen molar-refractivity contribution in [3.8, 4) is 46.0 Å². The number of rotatable bonds is 28. The first-order chi connectivity index (χ1) is 68.5. The molecule has 12 rings (SSSR count). The van der Waals surface area contributed by atoms with Crippen LogP contribution in [0.25, 0.3) is 0 Å². The molecule has 4 fully saturated rings. The maximum Gasteiger partial charge on any atom is 0.323 e. The Balaban J connectivity index is 0.000000222. The third-order valence-electron chi connectivity index (χ3n) is 24.2. The first-order valence-electron chi connectivity index (χ1n) is 56.6. The monoisotopic (exact) mass is 1700 g/mol. The smallest absolute Gasteiger partial charge is 0.323 e. The van der Waals surface area contributed by atoms with Gasteiger partial charge in [-0.15, -0.1) is 0 Å². The molecule has 120 heavy (non-hydrogen) atoms. The number of hydrogen-bond acceptors (Lipinski definition) is 24. The van der Waals surface area contributed by atoms with Crippen LogP contribution in [0.2, 0.25) is 0 Å². The van der Waals surface area contributed by atoms with Crippen molar-refractivity contribution in [2.45, 2.75) is 260 Å². The van der Waals surface area contributed by atoms with E-state index in [1.807, 2.05) is 34.1 Å². The zero-order valence-electron chi connectivity index (χ0n) is 103. The number of carbonyl (C=O) groups excluding carboxylic acids is 4. The highest BCUT2D eigenvalue weighted by molar-refractivity contribution is 5.77. The highest BCUT2D eigenvalue weighted by Crippen LogP contribution is 2.50. The summed E-state index contributed by atoms with van der Waals surface area (Å²) in [6.07, 6.45) is -11.1. The Labute approximate surface area is 760 Å². The van der Waals surface area contributed by atoms with Gasteiger partial charge < -0.3 is 79.8 Å². The highest BCUT2D eigenvalue weighted by Gasteiger charge is 2.47. The molecule has 0 saturated carbocycles. The maximum atomic E-state index is 12.9. The first-order valence-corrected chi connectivity index (χ1v) is 41.6. The Bertz CT molecular complexity index is 5010. The van der Waals surface area contributed by atoms with Crippen LogP contribution in [0.1, 0.15) is 271 Å². The molecule has 0 aliphatic carbocycles. The largest absolute Gasteiger partial charge is 0.493 e. The minimum Gasteiger partial charge on any atom is -0.493 e. The first kappa shape index (κ1) is 62.0. The molecular weight excluding hydrogens is 1520 g/mol. The fourth-order valence-corrected chi connectivity index (χ4v) is 17.3. The van der Waals surface area contributed by atoms with Gasteiger partial charge in [-0.05, 0) is 191 Å². The van der Waals surface area contributed by atoms with Crippen LogP contribution in [0.4, 0.5) is 0 Å². The summed E-state index contributed by atoms with van der Waals surface area (Å²) in [6, 6.07) is 9.38. The van der Waals surface area contributed by atoms with Crippen LogP contribution in [0.15, 0.2) is 48.5 Å². The molecule has 0 spiro atoms. The Morgan fingerprint density at radius 3 is 0.708 bits per heavy atom. The predicted octanol–water partition coefficient (Wildman–Crippen LogP) is 14.3. The normalized spacial score (nSPS) is 31.6. The fourth-order valence-electron chi connectivity index (χ4n) is 17.3. The molecule has 4 saturated heterocycles. The van der Waals surface area contributed by atoms with Gasteiger partial charge in [-0.1, -0.05) is 110 Å². The van der Waals surface area contributed by atoms with E-state index in [1.165, 1.54) is 14.2 Å². The summed E-state index contributed by atoms with van der Waals surface area (Å²) in [7, 11) is 3.68. The standard InChI is InChI=1S/4C24H38N2O4/c4*1-14(2)9-17-13-26-8-7-16-10-21(28-5)22(29-6)11-18(16)19(26)12-20(17)30-24(27)23(25)15(3)4/h4*10-11,14-15,17,19-20,23H,7-9,12-13,25H2,1-6H3/t4*17?,19?,20?,23-/m0000/s1/i2*1D3,5D3,9D2,14D;2*1D3,9D2,14D/t4*14?,17?,19?,20?,23-. The molecule has 8 heterocycles. The Morgan fingerprint density at radius 1 is 0.342 bits per heavy atom. The van der Waals surface area contributed by atoms with Crippen molar-refractivity contribution < 1.29 is 117 Å². The van der Waals surface area contributed by atoms with E-state index in [9.17, 15) is 19.2 Å². The number of carbonyl (C=O) groups is 4. The number of piperidine rings is 4. The van der Waals surface area contributed by atoms with E-state index in [2.05, 4.69) is 9.80 Å². The molecule has 16 unspecified atom stereocenters. The lowest BCUT2D eigenvalue weighted by molar-refractivity contribution is -0.161. The van der Waals surface area contributed by atoms with E-state index < -0.39 is 187 Å². The van der Waals surface area contributed by atoms with E-state index in [0.29, 0.717) is 74.9 Å². The molecule has 0 radical (unpaired) electrons. The van der Waals surface area contributed by atoms with Crippen molar-refractivity contribution in [2.75, 3.05) is 109 Å². The SMILES string of the molecule is [2H]C([2H])([2H])C([2H])(C)C([2H])([2H])C1CN2CCc3cc(OC)c(OC)cc3C2CC1OC(=O)[C@@H](N)C(C)C.[2H]C([2H])([2H])C([2H])(C)C([2H])([2H])C1CN2CCc3cc(OC)c(OC)cc3C2CC1OC(=O)[C@@H](N)C(C)C.[2H]C([2H])([2H])Oc1cc2c(cc1OC)C1CC(OC(=O)[C@@H](N)C(C)C)C(C([2H])([2H])C([2H])(C)C([2H])([2H])[2H])CN1CC2.[2H]C([2H])([2H])Oc1cc2c(cc1OC)C1CC(OC(=O)[C@@H](N)C(C)C)C(C([2H])([2H])C([2H])(C)C([2H])([2H])[2H])CN1CC2. The average molecular weight is 1700 g/mol. The van der Waals surface area contributed by atoms with Crippen LogP contribution < -0.4 is 60.8 Å². The lowest BCUT2D eigenvalue weighted by Gasteiger charge is -2.47. The van der Waals surface area contributed by atoms with Gasteiger partial charge in [-0.25, -0.2) is 0 Å². The van der Waals surface area contributed by atoms with E-state index >= 15 is 0 Å². The minimum absolute atomic E-state index is 0.0341. The van der Waals surface area contributed by atoms with Crippen molar-refractivity contribution in [2.24, 2.45) is 93.9 Å². The summed E-state index contributed by atoms with van der Waals surface area (Å²) in [6.45, 7) is 9.28. The fraction of sp³-hybridized carbons (Fsp3) is 0.708. The van der Waals surface area contributed by atoms with E-state index in [1.54, 1.807) is 108 Å². The molecule has 0 amide bonds. The van der Waals surface area contributed by atoms with Gasteiger partial charge in [0.2, 0.25) is 0 Å². The van der Waals surface area contributed by atoms with Gasteiger partial charge in [0.15, 0.2) is 46.0 Å². The van der Waals surface area contributed by atoms with Crippen molar-refractivity contribution in [1.29, 1.82) is 0 Å². The molecule has 8 aliphatic rings. The number of hydrogen-bond donors (Lipinski definition) is 4. The zero-order valence-corrected chi connectivity index (χ0v) is 73.1. The van der Waals surface area contributed by atoms with E-state index in [-0.39, 0.29) is 123 Å². The molecule has 8 aliphatic heterocycles. The summed E-state index contributed by atoms with van der Waals surface area (Å²) >= 11 is 0. The molecule has 24 heteroatoms. The van der Waals surface area contributed by atoms with Gasteiger partial charge in [-0.3, -0.25) is 38.8 Å². The average Bonchev–Trinajstić information content (AvgIpc) is 0.738. The number of benzene rings is 4. The molecular formula is C96H152N8O16. The summed E-state index contributed by atoms with van der Waals surface area (Å²) in [5.74, 6) is -14.9. The second-order valence-corrected chi connectivity index (χ2v) is 33.9. The van der Waals surface area contributed by atoms with E-state index in [4.69, 9.17) is 121 Å². The lowest BCUT2D eigenvalue weighted by Crippen LogP contribution is -2.51. The second kappa shape index (κ2) is 43.9. The van der Waals surface area contributed by atoms with Gasteiger partial charge in [0.1, 0.15) is 48.6 Å². The van der Waals surface area contributed by atoms with Crippen LogP contribution in [0, 0.1) is 70.9 Å². The number of ether oxygens (including phenoxy) is 12. The number of nitrogens with zero attached hydrogens (tertiary/aromatic N) is 4. The molecule has 4 aromatic rings. The molecule has 8 N–H and O–H groups in total. The van der Waals surface area contributed by atoms with Crippen LogP contribution in [-0.2, 0) is 63.8 Å². The summed E-state index contributed by atoms with van der Waals surface area (Å²) in [4.78, 5) is 59.7. The molecule has 0 aromatic heterocycles. The highest BCUT2D eigenvalue weighted by atomic mass is 16.6. The predicted molar refractivity (Wildman–Crippen MR) is 471 cm³/mol. The molecule has 672 valence electrons. The molecule has 4 aromatic carbocycles. The van der Waals surface area contributed by atoms with Crippen LogP contribution >= 0.6 is 0 Å². The van der Waals surface area contributed by atoms with Gasteiger partial charge >= 0.3 is 23.9 Å². The third-order valence-corrected chi connectivity index (χ3v) is 24.2. The Kier molecular flexibility index (Phi) is 22.7. The minimum atomic E-state index is -2.93. The van der Waals surface area contributed by atoms with Crippen molar-refractivity contribution in [1.82, 2.24) is 19.6 Å². The van der Waals surface area contributed by atoms with E-state index in [0.717, 1.165) is 72.2 Å². The third kappa shape index (κ3) is 23.8. The number of fused-ring (bicyclic) bond motifs is 12. The van der Waals surface area contributed by atoms with Gasteiger partial charge in [0.25, 0.3) is 0 Å². The number of nitrogens with two attached hydrogens (primary N) is 4. The topological polar surface area (TPSA) is 296 Å². The van der Waals surface area contributed by atoms with Crippen molar-refractivity contribution >= 4 is 23.9 Å².